The molecule has 0 radical (unpaired) electrons. The molecule has 0 bridgehead atoms. The Morgan fingerprint density at radius 3 is 2.71 bits per heavy atom. The van der Waals surface area contributed by atoms with Gasteiger partial charge >= 0.3 is 5.97 Å². The molecule has 2 aromatic heterocycles. The number of fused-ring (bicyclic) bond motifs is 3. The van der Waals surface area contributed by atoms with Gasteiger partial charge in [0.25, 0.3) is 5.56 Å². The van der Waals surface area contributed by atoms with Gasteiger partial charge in [0, 0.05) is 22.8 Å². The van der Waals surface area contributed by atoms with E-state index >= 15 is 0 Å². The van der Waals surface area contributed by atoms with Crippen molar-refractivity contribution in [3.63, 3.8) is 0 Å². The summed E-state index contributed by atoms with van der Waals surface area (Å²) in [6.45, 7) is 2.07. The molecule has 2 aliphatic rings. The number of aromatic nitrogens is 1. The number of esters is 1. The van der Waals surface area contributed by atoms with Crippen LogP contribution in [0.3, 0.4) is 0 Å². The molecule has 1 aliphatic heterocycles. The number of hydrogen-bond donors (Lipinski definition) is 0. The summed E-state index contributed by atoms with van der Waals surface area (Å²) in [6.07, 6.45) is 3.36. The van der Waals surface area contributed by atoms with Crippen LogP contribution in [0.15, 0.2) is 98.6 Å². The van der Waals surface area contributed by atoms with Gasteiger partial charge in [-0.05, 0) is 73.4 Å². The van der Waals surface area contributed by atoms with Crippen molar-refractivity contribution in [3.8, 4) is 22.8 Å². The first kappa shape index (κ1) is 28.6. The maximum absolute atomic E-state index is 14.2. The first-order valence-electron chi connectivity index (χ1n) is 14.7. The summed E-state index contributed by atoms with van der Waals surface area (Å²) in [4.78, 5) is 32.2. The van der Waals surface area contributed by atoms with Crippen molar-refractivity contribution < 1.29 is 23.4 Å². The average molecular weight is 619 g/mol. The maximum atomic E-state index is 14.2. The Hall–Kier alpha value is -5.15. The first-order valence-corrected chi connectivity index (χ1v) is 15.5. The molecule has 9 heteroatoms. The fraction of sp³-hybridized carbons (Fsp3) is 0.194. The number of allylic oxidation sites excluding steroid dienone is 1. The van der Waals surface area contributed by atoms with Crippen LogP contribution in [0.4, 0.5) is 0 Å². The number of hydrogen-bond acceptors (Lipinski definition) is 8. The van der Waals surface area contributed by atoms with Crippen LogP contribution < -0.4 is 24.4 Å². The lowest BCUT2D eigenvalue weighted by Gasteiger charge is -2.31. The summed E-state index contributed by atoms with van der Waals surface area (Å²) < 4.78 is 25.0. The molecular formula is C36H30N2O6S. The van der Waals surface area contributed by atoms with Gasteiger partial charge in [0.1, 0.15) is 23.0 Å². The second-order valence-electron chi connectivity index (χ2n) is 10.7. The molecule has 0 spiro atoms. The molecular weight excluding hydrogens is 588 g/mol. The summed E-state index contributed by atoms with van der Waals surface area (Å²) in [5.41, 5.74) is 6.16. The molecule has 3 aromatic carbocycles. The lowest BCUT2D eigenvalue weighted by atomic mass is 9.83. The minimum atomic E-state index is -0.422. The summed E-state index contributed by atoms with van der Waals surface area (Å²) in [6, 6.07) is 24.3. The van der Waals surface area contributed by atoms with Crippen molar-refractivity contribution >= 4 is 29.1 Å². The molecule has 1 aliphatic carbocycles. The first-order chi connectivity index (χ1) is 22.0. The molecule has 0 amide bonds. The topological polar surface area (TPSA) is 92.3 Å². The van der Waals surface area contributed by atoms with Gasteiger partial charge < -0.3 is 18.6 Å². The highest BCUT2D eigenvalue weighted by atomic mass is 32.1. The predicted octanol–water partition coefficient (Wildman–Crippen LogP) is 5.77. The zero-order chi connectivity index (χ0) is 31.1. The second-order valence-corrected chi connectivity index (χ2v) is 11.7. The average Bonchev–Trinajstić information content (AvgIpc) is 3.67. The predicted molar refractivity (Wildman–Crippen MR) is 172 cm³/mol. The van der Waals surface area contributed by atoms with Crippen LogP contribution in [0, 0.1) is 0 Å². The van der Waals surface area contributed by atoms with Crippen molar-refractivity contribution in [2.24, 2.45) is 4.99 Å². The highest BCUT2D eigenvalue weighted by Crippen LogP contribution is 2.44. The van der Waals surface area contributed by atoms with E-state index < -0.39 is 6.04 Å². The monoisotopic (exact) mass is 618 g/mol. The molecule has 226 valence electrons. The van der Waals surface area contributed by atoms with E-state index in [1.165, 1.54) is 16.9 Å². The van der Waals surface area contributed by atoms with Crippen LogP contribution in [0.5, 0.6) is 11.5 Å². The fourth-order valence-electron chi connectivity index (χ4n) is 6.08. The second kappa shape index (κ2) is 11.7. The van der Waals surface area contributed by atoms with Gasteiger partial charge in [-0.25, -0.2) is 9.79 Å². The van der Waals surface area contributed by atoms with E-state index in [-0.39, 0.29) is 11.5 Å². The van der Waals surface area contributed by atoms with E-state index in [9.17, 15) is 9.59 Å². The number of methoxy groups -OCH3 is 2. The highest BCUT2D eigenvalue weighted by molar-refractivity contribution is 7.07. The van der Waals surface area contributed by atoms with Crippen LogP contribution >= 0.6 is 11.3 Å². The standard InChI is InChI=1S/C36H30N2O6S/c1-4-43-35(40)23-10-7-9-22(18-23)29-16-14-25(44-29)20-31-34(39)38-33(28-19-24(41-2)13-17-30(28)42-3)27-15-12-21-8-5-6-11-26(21)32(27)37-36(38)45-31/h5-11,13-14,16-20,33H,4,12,15H2,1-3H3/b31-20+/t33-/m1/s1. The maximum Gasteiger partial charge on any atom is 0.338 e. The number of rotatable bonds is 7. The van der Waals surface area contributed by atoms with Crippen molar-refractivity contribution in [3.05, 3.63) is 132 Å². The Balaban J connectivity index is 1.37. The smallest absolute Gasteiger partial charge is 0.338 e. The number of ether oxygens (including phenoxy) is 3. The Morgan fingerprint density at radius 2 is 1.89 bits per heavy atom. The van der Waals surface area contributed by atoms with Crippen LogP contribution in [0.25, 0.3) is 23.1 Å². The van der Waals surface area contributed by atoms with Gasteiger partial charge in [-0.15, -0.1) is 0 Å². The summed E-state index contributed by atoms with van der Waals surface area (Å²) in [5.74, 6) is 2.05. The minimum Gasteiger partial charge on any atom is -0.497 e. The molecule has 5 aromatic rings. The van der Waals surface area contributed by atoms with Crippen molar-refractivity contribution in [2.45, 2.75) is 25.8 Å². The molecule has 0 N–H and O–H groups in total. The summed E-state index contributed by atoms with van der Waals surface area (Å²) in [7, 11) is 3.26. The number of furan rings is 1. The molecule has 1 atom stereocenters. The zero-order valence-electron chi connectivity index (χ0n) is 25.0. The molecule has 0 fully saturated rings. The van der Waals surface area contributed by atoms with Gasteiger partial charge in [-0.2, -0.15) is 0 Å². The van der Waals surface area contributed by atoms with Crippen LogP contribution in [-0.4, -0.2) is 31.4 Å². The summed E-state index contributed by atoms with van der Waals surface area (Å²) in [5, 5.41) is 0. The Labute approximate surface area is 263 Å². The lowest BCUT2D eigenvalue weighted by molar-refractivity contribution is 0.0526. The normalized spacial score (nSPS) is 15.5. The lowest BCUT2D eigenvalue weighted by Crippen LogP contribution is -2.39. The Morgan fingerprint density at radius 1 is 1.02 bits per heavy atom. The van der Waals surface area contributed by atoms with Gasteiger partial charge in [-0.3, -0.25) is 9.36 Å². The largest absolute Gasteiger partial charge is 0.497 e. The van der Waals surface area contributed by atoms with Crippen molar-refractivity contribution in [1.82, 2.24) is 4.57 Å². The minimum absolute atomic E-state index is 0.165. The van der Waals surface area contributed by atoms with E-state index in [0.29, 0.717) is 44.5 Å². The molecule has 7 rings (SSSR count). The molecule has 3 heterocycles. The van der Waals surface area contributed by atoms with E-state index in [1.807, 2.05) is 42.5 Å². The fourth-order valence-corrected chi connectivity index (χ4v) is 7.06. The van der Waals surface area contributed by atoms with Crippen LogP contribution in [0.2, 0.25) is 0 Å². The third-order valence-corrected chi connectivity index (χ3v) is 9.15. The van der Waals surface area contributed by atoms with Gasteiger partial charge in [0.05, 0.1) is 42.7 Å². The van der Waals surface area contributed by atoms with Crippen molar-refractivity contribution in [2.75, 3.05) is 20.8 Å². The van der Waals surface area contributed by atoms with E-state index in [1.54, 1.807) is 50.0 Å². The number of thiazole rings is 1. The number of nitrogens with zero attached hydrogens (tertiary/aromatic N) is 2. The van der Waals surface area contributed by atoms with Crippen LogP contribution in [0.1, 0.15) is 52.2 Å². The van der Waals surface area contributed by atoms with E-state index in [2.05, 4.69) is 18.2 Å². The number of carbonyl (C=O) groups is 1. The Kier molecular flexibility index (Phi) is 7.47. The Bertz CT molecular complexity index is 2170. The SMILES string of the molecule is CCOC(=O)c1cccc(-c2ccc(/C=c3/sc4n(c3=O)[C@@H](c3cc(OC)ccc3OC)C3=C(N=4)c4ccccc4CC3)o2)c1. The number of aryl methyl sites for hydroxylation is 1. The molecule has 0 saturated carbocycles. The van der Waals surface area contributed by atoms with E-state index in [4.69, 9.17) is 23.6 Å². The number of benzene rings is 3. The molecule has 8 nitrogen and oxygen atoms in total. The van der Waals surface area contributed by atoms with Gasteiger partial charge in [-0.1, -0.05) is 47.7 Å². The zero-order valence-corrected chi connectivity index (χ0v) is 25.9. The number of carbonyl (C=O) groups excluding carboxylic acids is 1. The highest BCUT2D eigenvalue weighted by Gasteiger charge is 2.34. The van der Waals surface area contributed by atoms with Gasteiger partial charge in [0.2, 0.25) is 0 Å². The van der Waals surface area contributed by atoms with Gasteiger partial charge in [0.15, 0.2) is 4.80 Å². The molecule has 0 saturated heterocycles. The van der Waals surface area contributed by atoms with Crippen molar-refractivity contribution in [1.29, 1.82) is 0 Å². The quantitative estimate of drug-likeness (QED) is 0.215. The van der Waals surface area contributed by atoms with Crippen LogP contribution in [-0.2, 0) is 11.2 Å². The summed E-state index contributed by atoms with van der Waals surface area (Å²) >= 11 is 1.33. The van der Waals surface area contributed by atoms with E-state index in [0.717, 1.165) is 40.8 Å². The molecule has 0 unspecified atom stereocenters. The third-order valence-electron chi connectivity index (χ3n) is 8.16. The third kappa shape index (κ3) is 5.09. The molecule has 45 heavy (non-hydrogen) atoms.